The van der Waals surface area contributed by atoms with E-state index in [0.29, 0.717) is 24.1 Å². The summed E-state index contributed by atoms with van der Waals surface area (Å²) in [5.41, 5.74) is 1.68. The molecule has 5 heteroatoms. The van der Waals surface area contributed by atoms with Crippen LogP contribution in [0.3, 0.4) is 0 Å². The number of ether oxygens (including phenoxy) is 1. The molecule has 1 saturated heterocycles. The average Bonchev–Trinajstić information content (AvgIpc) is 2.96. The number of nitrogens with zero attached hydrogens (tertiary/aromatic N) is 1. The van der Waals surface area contributed by atoms with Gasteiger partial charge in [0.05, 0.1) is 12.0 Å². The summed E-state index contributed by atoms with van der Waals surface area (Å²) in [5, 5.41) is 0.548. The van der Waals surface area contributed by atoms with Crippen LogP contribution in [0.1, 0.15) is 53.8 Å². The van der Waals surface area contributed by atoms with Crippen LogP contribution >= 0.6 is 0 Å². The smallest absolute Gasteiger partial charge is 0.292 e. The minimum atomic E-state index is -0.509. The van der Waals surface area contributed by atoms with Crippen molar-refractivity contribution >= 4 is 16.9 Å². The third kappa shape index (κ3) is 2.67. The van der Waals surface area contributed by atoms with E-state index in [0.717, 1.165) is 36.8 Å². The maximum absolute atomic E-state index is 13.1. The number of hydrogen-bond donors (Lipinski definition) is 0. The molecule has 4 rings (SSSR count). The quantitative estimate of drug-likeness (QED) is 0.796. The molecule has 1 spiro atoms. The molecule has 0 unspecified atom stereocenters. The van der Waals surface area contributed by atoms with Crippen molar-refractivity contribution in [1.82, 2.24) is 4.90 Å². The van der Waals surface area contributed by atoms with Gasteiger partial charge in [-0.15, -0.1) is 0 Å². The lowest BCUT2D eigenvalue weighted by Crippen LogP contribution is -2.49. The van der Waals surface area contributed by atoms with E-state index in [1.54, 1.807) is 4.90 Å². The molecule has 1 amide bonds. The fourth-order valence-electron chi connectivity index (χ4n) is 4.32. The van der Waals surface area contributed by atoms with Gasteiger partial charge in [0.15, 0.2) is 11.2 Å². The molecule has 0 bridgehead atoms. The van der Waals surface area contributed by atoms with E-state index >= 15 is 0 Å². The molecule has 5 nitrogen and oxygen atoms in total. The van der Waals surface area contributed by atoms with E-state index < -0.39 is 5.72 Å². The molecular weight excluding hydrogens is 318 g/mol. The number of rotatable bonds is 1. The normalized spacial score (nSPS) is 19.7. The fraction of sp³-hybridized carbons (Fsp3) is 0.500. The van der Waals surface area contributed by atoms with Gasteiger partial charge in [0, 0.05) is 12.6 Å². The molecule has 1 aliphatic heterocycles. The Morgan fingerprint density at radius 3 is 2.64 bits per heavy atom. The standard InChI is InChI=1S/C20H23NO4/c1-13-10-14(2)18-15(22)12-17(25-16(18)11-13)19(23)21-8-9-24-20(21)6-4-3-5-7-20/h10-12H,3-9H2,1-2H3. The predicted molar refractivity (Wildman–Crippen MR) is 94.8 cm³/mol. The zero-order chi connectivity index (χ0) is 17.6. The van der Waals surface area contributed by atoms with Crippen LogP contribution in [0.25, 0.3) is 11.0 Å². The summed E-state index contributed by atoms with van der Waals surface area (Å²) >= 11 is 0. The largest absolute Gasteiger partial charge is 0.451 e. The van der Waals surface area contributed by atoms with Crippen LogP contribution in [-0.2, 0) is 4.74 Å². The summed E-state index contributed by atoms with van der Waals surface area (Å²) in [7, 11) is 0. The number of fused-ring (bicyclic) bond motifs is 1. The molecule has 2 fully saturated rings. The lowest BCUT2D eigenvalue weighted by Gasteiger charge is -2.39. The maximum Gasteiger partial charge on any atom is 0.292 e. The van der Waals surface area contributed by atoms with Gasteiger partial charge < -0.3 is 14.1 Å². The second kappa shape index (κ2) is 5.99. The van der Waals surface area contributed by atoms with E-state index in [9.17, 15) is 9.59 Å². The molecule has 0 radical (unpaired) electrons. The van der Waals surface area contributed by atoms with Gasteiger partial charge in [-0.1, -0.05) is 12.5 Å². The SMILES string of the molecule is Cc1cc(C)c2c(=O)cc(C(=O)N3CCOC34CCCCC4)oc2c1. The summed E-state index contributed by atoms with van der Waals surface area (Å²) in [5.74, 6) is -0.129. The molecule has 2 aromatic rings. The van der Waals surface area contributed by atoms with Crippen molar-refractivity contribution in [3.8, 4) is 0 Å². The molecule has 2 aliphatic rings. The van der Waals surface area contributed by atoms with Crippen molar-refractivity contribution in [1.29, 1.82) is 0 Å². The average molecular weight is 341 g/mol. The van der Waals surface area contributed by atoms with Crippen LogP contribution in [-0.4, -0.2) is 29.7 Å². The minimum absolute atomic E-state index is 0.109. The number of benzene rings is 1. The van der Waals surface area contributed by atoms with Crippen molar-refractivity contribution in [2.24, 2.45) is 0 Å². The van der Waals surface area contributed by atoms with Crippen molar-refractivity contribution < 1.29 is 13.9 Å². The molecule has 0 atom stereocenters. The molecule has 1 saturated carbocycles. The van der Waals surface area contributed by atoms with Gasteiger partial charge in [0.1, 0.15) is 11.3 Å². The van der Waals surface area contributed by atoms with Crippen LogP contribution in [0.15, 0.2) is 27.4 Å². The molecule has 1 aliphatic carbocycles. The topological polar surface area (TPSA) is 59.8 Å². The third-order valence-corrected chi connectivity index (χ3v) is 5.44. The second-order valence-electron chi connectivity index (χ2n) is 7.24. The van der Waals surface area contributed by atoms with Crippen molar-refractivity contribution in [3.63, 3.8) is 0 Å². The highest BCUT2D eigenvalue weighted by Crippen LogP contribution is 2.38. The van der Waals surface area contributed by atoms with E-state index in [1.165, 1.54) is 12.5 Å². The van der Waals surface area contributed by atoms with Gasteiger partial charge in [-0.25, -0.2) is 0 Å². The number of carbonyl (C=O) groups excluding carboxylic acids is 1. The Balaban J connectivity index is 1.76. The minimum Gasteiger partial charge on any atom is -0.451 e. The Labute approximate surface area is 146 Å². The predicted octanol–water partition coefficient (Wildman–Crippen LogP) is 3.54. The molecule has 0 N–H and O–H groups in total. The number of amides is 1. The summed E-state index contributed by atoms with van der Waals surface area (Å²) in [4.78, 5) is 27.4. The highest BCUT2D eigenvalue weighted by molar-refractivity contribution is 5.94. The molecular formula is C20H23NO4. The van der Waals surface area contributed by atoms with Crippen LogP contribution < -0.4 is 5.43 Å². The Kier molecular flexibility index (Phi) is 3.91. The first-order valence-electron chi connectivity index (χ1n) is 9.01. The number of aryl methyl sites for hydroxylation is 2. The van der Waals surface area contributed by atoms with E-state index in [-0.39, 0.29) is 17.1 Å². The van der Waals surface area contributed by atoms with Crippen LogP contribution in [0.4, 0.5) is 0 Å². The van der Waals surface area contributed by atoms with E-state index in [4.69, 9.17) is 9.15 Å². The van der Waals surface area contributed by atoms with Gasteiger partial charge >= 0.3 is 0 Å². The molecule has 1 aromatic carbocycles. The van der Waals surface area contributed by atoms with Crippen LogP contribution in [0.5, 0.6) is 0 Å². The first kappa shape index (κ1) is 16.3. The van der Waals surface area contributed by atoms with Crippen molar-refractivity contribution in [2.45, 2.75) is 51.7 Å². The zero-order valence-corrected chi connectivity index (χ0v) is 14.8. The molecule has 1 aromatic heterocycles. The third-order valence-electron chi connectivity index (χ3n) is 5.44. The van der Waals surface area contributed by atoms with Crippen LogP contribution in [0.2, 0.25) is 0 Å². The number of carbonyl (C=O) groups is 1. The lowest BCUT2D eigenvalue weighted by atomic mass is 9.90. The summed E-state index contributed by atoms with van der Waals surface area (Å²) in [6, 6.07) is 5.10. The Morgan fingerprint density at radius 1 is 1.12 bits per heavy atom. The highest BCUT2D eigenvalue weighted by Gasteiger charge is 2.46. The van der Waals surface area contributed by atoms with Gasteiger partial charge in [-0.3, -0.25) is 9.59 Å². The van der Waals surface area contributed by atoms with Gasteiger partial charge in [0.2, 0.25) is 0 Å². The van der Waals surface area contributed by atoms with Crippen molar-refractivity contribution in [2.75, 3.05) is 13.2 Å². The summed E-state index contributed by atoms with van der Waals surface area (Å²) < 4.78 is 11.8. The lowest BCUT2D eigenvalue weighted by molar-refractivity contribution is -0.0925. The monoisotopic (exact) mass is 341 g/mol. The fourth-order valence-corrected chi connectivity index (χ4v) is 4.32. The van der Waals surface area contributed by atoms with Crippen molar-refractivity contribution in [3.05, 3.63) is 45.3 Å². The van der Waals surface area contributed by atoms with Crippen LogP contribution in [0, 0.1) is 13.8 Å². The summed E-state index contributed by atoms with van der Waals surface area (Å²) in [6.07, 6.45) is 5.01. The maximum atomic E-state index is 13.1. The van der Waals surface area contributed by atoms with E-state index in [2.05, 4.69) is 0 Å². The Bertz CT molecular complexity index is 892. The first-order valence-corrected chi connectivity index (χ1v) is 9.01. The second-order valence-corrected chi connectivity index (χ2v) is 7.24. The molecule has 132 valence electrons. The van der Waals surface area contributed by atoms with Gasteiger partial charge in [-0.05, 0) is 56.7 Å². The van der Waals surface area contributed by atoms with E-state index in [1.807, 2.05) is 26.0 Å². The highest BCUT2D eigenvalue weighted by atomic mass is 16.5. The van der Waals surface area contributed by atoms with Gasteiger partial charge in [0.25, 0.3) is 5.91 Å². The molecule has 25 heavy (non-hydrogen) atoms. The zero-order valence-electron chi connectivity index (χ0n) is 14.8. The van der Waals surface area contributed by atoms with Gasteiger partial charge in [-0.2, -0.15) is 0 Å². The Hall–Kier alpha value is -2.14. The summed E-state index contributed by atoms with van der Waals surface area (Å²) in [6.45, 7) is 4.93. The Morgan fingerprint density at radius 2 is 1.88 bits per heavy atom. The first-order chi connectivity index (χ1) is 12.0. The molecule has 2 heterocycles. The number of hydrogen-bond acceptors (Lipinski definition) is 4.